The number of hydrogen-bond acceptors (Lipinski definition) is 4. The summed E-state index contributed by atoms with van der Waals surface area (Å²) in [4.78, 5) is 33.3. The van der Waals surface area contributed by atoms with Crippen molar-refractivity contribution < 1.29 is 14.3 Å². The fourth-order valence-corrected chi connectivity index (χ4v) is 3.34. The summed E-state index contributed by atoms with van der Waals surface area (Å²) in [6.07, 6.45) is 3.71. The predicted molar refractivity (Wildman–Crippen MR) is 103 cm³/mol. The highest BCUT2D eigenvalue weighted by Gasteiger charge is 2.37. The Morgan fingerprint density at radius 2 is 2.15 bits per heavy atom. The SMILES string of the molecule is COc1cccc(N2CC(C(=O)N(Cc3cccnc3)C(C)C)CC2=O)c1. The lowest BCUT2D eigenvalue weighted by molar-refractivity contribution is -0.138. The maximum absolute atomic E-state index is 13.1. The van der Waals surface area contributed by atoms with E-state index in [0.29, 0.717) is 18.8 Å². The number of hydrogen-bond donors (Lipinski definition) is 0. The van der Waals surface area contributed by atoms with Gasteiger partial charge in [0.25, 0.3) is 0 Å². The molecular weight excluding hydrogens is 342 g/mol. The third kappa shape index (κ3) is 4.27. The van der Waals surface area contributed by atoms with E-state index in [-0.39, 0.29) is 30.2 Å². The second kappa shape index (κ2) is 8.20. The molecule has 0 bridgehead atoms. The van der Waals surface area contributed by atoms with E-state index in [1.807, 2.05) is 55.1 Å². The van der Waals surface area contributed by atoms with Gasteiger partial charge in [0.05, 0.1) is 13.0 Å². The van der Waals surface area contributed by atoms with E-state index < -0.39 is 0 Å². The topological polar surface area (TPSA) is 62.7 Å². The molecule has 2 amide bonds. The molecule has 1 saturated heterocycles. The number of nitrogens with zero attached hydrogens (tertiary/aromatic N) is 3. The third-order valence-corrected chi connectivity index (χ3v) is 4.82. The van der Waals surface area contributed by atoms with Gasteiger partial charge in [0.2, 0.25) is 11.8 Å². The fraction of sp³-hybridized carbons (Fsp3) is 0.381. The van der Waals surface area contributed by atoms with Crippen molar-refractivity contribution in [2.75, 3.05) is 18.6 Å². The summed E-state index contributed by atoms with van der Waals surface area (Å²) < 4.78 is 5.24. The van der Waals surface area contributed by atoms with E-state index in [1.165, 1.54) is 0 Å². The van der Waals surface area contributed by atoms with E-state index in [9.17, 15) is 9.59 Å². The molecule has 0 N–H and O–H groups in total. The van der Waals surface area contributed by atoms with Gasteiger partial charge in [-0.25, -0.2) is 0 Å². The predicted octanol–water partition coefficient (Wildman–Crippen LogP) is 2.88. The molecule has 2 aromatic rings. The quantitative estimate of drug-likeness (QED) is 0.788. The van der Waals surface area contributed by atoms with E-state index in [2.05, 4.69) is 4.98 Å². The highest BCUT2D eigenvalue weighted by molar-refractivity contribution is 6.00. The van der Waals surface area contributed by atoms with Crippen LogP contribution in [0.1, 0.15) is 25.8 Å². The monoisotopic (exact) mass is 367 g/mol. The summed E-state index contributed by atoms with van der Waals surface area (Å²) in [5.74, 6) is 0.317. The number of pyridine rings is 1. The average Bonchev–Trinajstić information content (AvgIpc) is 3.08. The second-order valence-electron chi connectivity index (χ2n) is 7.03. The van der Waals surface area contributed by atoms with E-state index in [4.69, 9.17) is 4.74 Å². The molecule has 1 atom stereocenters. The normalized spacial score (nSPS) is 16.7. The fourth-order valence-electron chi connectivity index (χ4n) is 3.34. The molecule has 6 heteroatoms. The van der Waals surface area contributed by atoms with Gasteiger partial charge in [-0.1, -0.05) is 12.1 Å². The van der Waals surface area contributed by atoms with Crippen LogP contribution in [0.3, 0.4) is 0 Å². The van der Waals surface area contributed by atoms with Crippen LogP contribution in [0.25, 0.3) is 0 Å². The van der Waals surface area contributed by atoms with Crippen molar-refractivity contribution in [3.8, 4) is 5.75 Å². The summed E-state index contributed by atoms with van der Waals surface area (Å²) in [5.41, 5.74) is 1.74. The molecule has 2 heterocycles. The van der Waals surface area contributed by atoms with Crippen LogP contribution in [0.4, 0.5) is 5.69 Å². The highest BCUT2D eigenvalue weighted by atomic mass is 16.5. The summed E-state index contributed by atoms with van der Waals surface area (Å²) >= 11 is 0. The van der Waals surface area contributed by atoms with E-state index in [1.54, 1.807) is 24.4 Å². The van der Waals surface area contributed by atoms with E-state index >= 15 is 0 Å². The Bertz CT molecular complexity index is 807. The van der Waals surface area contributed by atoms with Crippen LogP contribution in [0.5, 0.6) is 5.75 Å². The van der Waals surface area contributed by atoms with Crippen LogP contribution in [0.15, 0.2) is 48.8 Å². The molecule has 0 spiro atoms. The second-order valence-corrected chi connectivity index (χ2v) is 7.03. The van der Waals surface area contributed by atoms with Gasteiger partial charge in [0.15, 0.2) is 0 Å². The zero-order chi connectivity index (χ0) is 19.4. The zero-order valence-corrected chi connectivity index (χ0v) is 16.0. The minimum atomic E-state index is -0.345. The first-order valence-electron chi connectivity index (χ1n) is 9.13. The Hall–Kier alpha value is -2.89. The van der Waals surface area contributed by atoms with Crippen molar-refractivity contribution in [3.05, 3.63) is 54.4 Å². The lowest BCUT2D eigenvalue weighted by atomic mass is 10.1. The Kier molecular flexibility index (Phi) is 5.74. The molecule has 1 aliphatic rings. The molecule has 0 radical (unpaired) electrons. The van der Waals surface area contributed by atoms with Crippen molar-refractivity contribution >= 4 is 17.5 Å². The van der Waals surface area contributed by atoms with Gasteiger partial charge in [0.1, 0.15) is 5.75 Å². The maximum atomic E-state index is 13.1. The lowest BCUT2D eigenvalue weighted by Crippen LogP contribution is -2.41. The molecule has 142 valence electrons. The number of ether oxygens (including phenoxy) is 1. The summed E-state index contributed by atoms with van der Waals surface area (Å²) in [6, 6.07) is 11.2. The van der Waals surface area contributed by atoms with Gasteiger partial charge in [0, 0.05) is 49.7 Å². The molecule has 3 rings (SSSR count). The molecular formula is C21H25N3O3. The van der Waals surface area contributed by atoms with Gasteiger partial charge in [-0.05, 0) is 37.6 Å². The van der Waals surface area contributed by atoms with Crippen LogP contribution in [-0.4, -0.2) is 41.4 Å². The number of benzene rings is 1. The van der Waals surface area contributed by atoms with Crippen molar-refractivity contribution in [2.24, 2.45) is 5.92 Å². The van der Waals surface area contributed by atoms with Crippen LogP contribution in [-0.2, 0) is 16.1 Å². The first kappa shape index (κ1) is 18.9. The van der Waals surface area contributed by atoms with Gasteiger partial charge >= 0.3 is 0 Å². The molecule has 6 nitrogen and oxygen atoms in total. The van der Waals surface area contributed by atoms with Crippen LogP contribution < -0.4 is 9.64 Å². The Morgan fingerprint density at radius 3 is 2.81 bits per heavy atom. The Balaban J connectivity index is 1.75. The van der Waals surface area contributed by atoms with E-state index in [0.717, 1.165) is 11.3 Å². The lowest BCUT2D eigenvalue weighted by Gasteiger charge is -2.29. The Morgan fingerprint density at radius 1 is 1.33 bits per heavy atom. The van der Waals surface area contributed by atoms with Crippen LogP contribution >= 0.6 is 0 Å². The van der Waals surface area contributed by atoms with Crippen molar-refractivity contribution in [2.45, 2.75) is 32.9 Å². The molecule has 1 aliphatic heterocycles. The first-order valence-corrected chi connectivity index (χ1v) is 9.13. The molecule has 1 aromatic heterocycles. The highest BCUT2D eigenvalue weighted by Crippen LogP contribution is 2.29. The largest absolute Gasteiger partial charge is 0.497 e. The van der Waals surface area contributed by atoms with Gasteiger partial charge in [-0.2, -0.15) is 0 Å². The number of aromatic nitrogens is 1. The minimum absolute atomic E-state index is 0.00704. The average molecular weight is 367 g/mol. The van der Waals surface area contributed by atoms with Gasteiger partial charge in [-0.3, -0.25) is 14.6 Å². The number of rotatable bonds is 6. The molecule has 1 fully saturated rings. The smallest absolute Gasteiger partial charge is 0.228 e. The van der Waals surface area contributed by atoms with Crippen LogP contribution in [0.2, 0.25) is 0 Å². The molecule has 1 aromatic carbocycles. The standard InChI is InChI=1S/C21H25N3O3/c1-15(2)23(13-16-6-5-9-22-12-16)21(26)17-10-20(25)24(14-17)18-7-4-8-19(11-18)27-3/h4-9,11-12,15,17H,10,13-14H2,1-3H3. The zero-order valence-electron chi connectivity index (χ0n) is 16.0. The number of methoxy groups -OCH3 is 1. The molecule has 0 saturated carbocycles. The molecule has 0 aliphatic carbocycles. The summed E-state index contributed by atoms with van der Waals surface area (Å²) in [7, 11) is 1.59. The molecule has 1 unspecified atom stereocenters. The number of amides is 2. The third-order valence-electron chi connectivity index (χ3n) is 4.82. The number of carbonyl (C=O) groups excluding carboxylic acids is 2. The number of carbonyl (C=O) groups is 2. The van der Waals surface area contributed by atoms with Gasteiger partial charge in [-0.15, -0.1) is 0 Å². The first-order chi connectivity index (χ1) is 13.0. The Labute approximate surface area is 159 Å². The van der Waals surface area contributed by atoms with Crippen molar-refractivity contribution in [3.63, 3.8) is 0 Å². The van der Waals surface area contributed by atoms with Crippen LogP contribution in [0, 0.1) is 5.92 Å². The van der Waals surface area contributed by atoms with Crippen molar-refractivity contribution in [1.29, 1.82) is 0 Å². The number of anilines is 1. The molecule has 27 heavy (non-hydrogen) atoms. The minimum Gasteiger partial charge on any atom is -0.497 e. The summed E-state index contributed by atoms with van der Waals surface area (Å²) in [5, 5.41) is 0. The maximum Gasteiger partial charge on any atom is 0.228 e. The van der Waals surface area contributed by atoms with Crippen molar-refractivity contribution in [1.82, 2.24) is 9.88 Å². The van der Waals surface area contributed by atoms with Gasteiger partial charge < -0.3 is 14.5 Å². The summed E-state index contributed by atoms with van der Waals surface area (Å²) in [6.45, 7) is 4.87.